The maximum atomic E-state index is 8.08. The Morgan fingerprint density at radius 1 is 0.362 bits per heavy atom. The molecule has 0 unspecified atom stereocenters. The second-order valence-corrected chi connectivity index (χ2v) is 14.5. The number of rotatable bonds is 6. The van der Waals surface area contributed by atoms with Crippen molar-refractivity contribution in [3.05, 3.63) is 212 Å². The fourth-order valence-corrected chi connectivity index (χ4v) is 8.51. The molecule has 0 amide bonds. The van der Waals surface area contributed by atoms with Gasteiger partial charge in [0.05, 0.1) is 40.0 Å². The molecule has 0 aliphatic heterocycles. The normalized spacial score (nSPS) is 11.4. The van der Waals surface area contributed by atoms with Crippen LogP contribution in [-0.2, 0) is 0 Å². The van der Waals surface area contributed by atoms with Gasteiger partial charge in [-0.15, -0.1) is 0 Å². The van der Waals surface area contributed by atoms with E-state index in [9.17, 15) is 0 Å². The quantitative estimate of drug-likeness (QED) is 0.159. The molecule has 5 heteroatoms. The summed E-state index contributed by atoms with van der Waals surface area (Å²) < 4.78 is 4.73. The van der Waals surface area contributed by atoms with Gasteiger partial charge < -0.3 is 9.13 Å². The van der Waals surface area contributed by atoms with Gasteiger partial charge in [-0.05, 0) is 71.8 Å². The molecular formula is C53H33N5. The summed E-state index contributed by atoms with van der Waals surface area (Å²) in [7, 11) is 0. The number of aromatic nitrogens is 4. The molecule has 270 valence electrons. The molecule has 0 aliphatic carbocycles. The average molecular weight is 740 g/mol. The van der Waals surface area contributed by atoms with E-state index in [0.717, 1.165) is 72.4 Å². The number of hydrogen-bond acceptors (Lipinski definition) is 2. The van der Waals surface area contributed by atoms with Crippen LogP contribution in [0.4, 0.5) is 5.69 Å². The molecule has 0 N–H and O–H groups in total. The molecule has 0 spiro atoms. The van der Waals surface area contributed by atoms with Crippen LogP contribution in [0.15, 0.2) is 200 Å². The van der Waals surface area contributed by atoms with Gasteiger partial charge in [-0.2, -0.15) is 0 Å². The highest BCUT2D eigenvalue weighted by atomic mass is 15.0. The number of nitrogens with zero attached hydrogens (tertiary/aromatic N) is 5. The van der Waals surface area contributed by atoms with Crippen LogP contribution in [0.1, 0.15) is 0 Å². The van der Waals surface area contributed by atoms with Gasteiger partial charge in [0.1, 0.15) is 0 Å². The van der Waals surface area contributed by atoms with E-state index in [0.29, 0.717) is 11.5 Å². The fourth-order valence-electron chi connectivity index (χ4n) is 8.51. The monoisotopic (exact) mass is 739 g/mol. The third-order valence-corrected chi connectivity index (χ3v) is 11.1. The first-order valence-corrected chi connectivity index (χ1v) is 19.4. The minimum absolute atomic E-state index is 0.598. The van der Waals surface area contributed by atoms with E-state index < -0.39 is 0 Å². The largest absolute Gasteiger partial charge is 0.309 e. The van der Waals surface area contributed by atoms with Crippen LogP contribution >= 0.6 is 0 Å². The van der Waals surface area contributed by atoms with E-state index in [1.165, 1.54) is 21.8 Å². The third kappa shape index (κ3) is 5.47. The highest BCUT2D eigenvalue weighted by Crippen LogP contribution is 2.40. The van der Waals surface area contributed by atoms with Crippen LogP contribution in [0, 0.1) is 6.57 Å². The minimum atomic E-state index is 0.598. The van der Waals surface area contributed by atoms with Gasteiger partial charge in [0, 0.05) is 49.6 Å². The number of fused-ring (bicyclic) bond motifs is 6. The van der Waals surface area contributed by atoms with Gasteiger partial charge in [0.25, 0.3) is 0 Å². The van der Waals surface area contributed by atoms with Gasteiger partial charge in [0.15, 0.2) is 11.5 Å². The Labute approximate surface area is 335 Å². The van der Waals surface area contributed by atoms with Crippen LogP contribution in [0.2, 0.25) is 0 Å². The second-order valence-electron chi connectivity index (χ2n) is 14.5. The van der Waals surface area contributed by atoms with Gasteiger partial charge in [-0.3, -0.25) is 0 Å². The Bertz CT molecular complexity index is 3290. The van der Waals surface area contributed by atoms with E-state index in [4.69, 9.17) is 16.5 Å². The number of para-hydroxylation sites is 4. The molecule has 11 rings (SSSR count). The lowest BCUT2D eigenvalue weighted by atomic mass is 9.98. The van der Waals surface area contributed by atoms with Crippen molar-refractivity contribution in [3.63, 3.8) is 0 Å². The van der Waals surface area contributed by atoms with Crippen LogP contribution in [0.3, 0.4) is 0 Å². The van der Waals surface area contributed by atoms with Crippen LogP contribution < -0.4 is 0 Å². The molecule has 0 aliphatic rings. The molecule has 5 nitrogen and oxygen atoms in total. The predicted molar refractivity (Wildman–Crippen MR) is 239 cm³/mol. The molecule has 58 heavy (non-hydrogen) atoms. The summed E-state index contributed by atoms with van der Waals surface area (Å²) in [5.74, 6) is 0.653. The Hall–Kier alpha value is -8.07. The van der Waals surface area contributed by atoms with E-state index in [-0.39, 0.29) is 0 Å². The second kappa shape index (κ2) is 13.6. The van der Waals surface area contributed by atoms with E-state index in [1.54, 1.807) is 0 Å². The summed E-state index contributed by atoms with van der Waals surface area (Å²) in [4.78, 5) is 14.2. The maximum absolute atomic E-state index is 8.08. The Morgan fingerprint density at radius 2 is 0.862 bits per heavy atom. The van der Waals surface area contributed by atoms with Gasteiger partial charge >= 0.3 is 0 Å². The van der Waals surface area contributed by atoms with Crippen molar-refractivity contribution in [1.29, 1.82) is 0 Å². The first kappa shape index (κ1) is 33.3. The Morgan fingerprint density at radius 3 is 1.52 bits per heavy atom. The average Bonchev–Trinajstić information content (AvgIpc) is 3.82. The lowest BCUT2D eigenvalue weighted by Gasteiger charge is -2.16. The zero-order valence-corrected chi connectivity index (χ0v) is 31.3. The highest BCUT2D eigenvalue weighted by molar-refractivity contribution is 6.12. The molecule has 8 aromatic carbocycles. The molecule has 0 atom stereocenters. The summed E-state index contributed by atoms with van der Waals surface area (Å²) in [5.41, 5.74) is 13.5. The maximum Gasteiger partial charge on any atom is 0.194 e. The van der Waals surface area contributed by atoms with E-state index in [2.05, 4.69) is 141 Å². The van der Waals surface area contributed by atoms with Crippen molar-refractivity contribution in [2.24, 2.45) is 0 Å². The minimum Gasteiger partial charge on any atom is -0.309 e. The van der Waals surface area contributed by atoms with Crippen LogP contribution in [0.5, 0.6) is 0 Å². The third-order valence-electron chi connectivity index (χ3n) is 11.1. The Balaban J connectivity index is 1.18. The summed E-state index contributed by atoms with van der Waals surface area (Å²) >= 11 is 0. The SMILES string of the molecule is [C-]#[N+]c1ccccc1-c1cc(-c2cc(-c3ccccc3)nc(-c3ccccc3)n2)cc(-n2c3ccccc3c3cc(-n4c5ccccc5c5ccccc54)ccc32)c1. The topological polar surface area (TPSA) is 40.0 Å². The first-order valence-electron chi connectivity index (χ1n) is 19.4. The zero-order chi connectivity index (χ0) is 38.6. The molecule has 0 fully saturated rings. The number of hydrogen-bond donors (Lipinski definition) is 0. The molecule has 0 saturated heterocycles. The van der Waals surface area contributed by atoms with Gasteiger partial charge in [0.2, 0.25) is 0 Å². The molecule has 0 saturated carbocycles. The molecule has 0 bridgehead atoms. The van der Waals surface area contributed by atoms with E-state index >= 15 is 0 Å². The standard InChI is InChI=1S/C53H33N5/c1-54-46-24-12-8-20-41(46)37-30-38(48-34-47(35-16-4-2-5-17-35)55-53(56-48)36-18-6-3-7-19-36)32-40(31-37)58-51-27-15-11-23-44(51)45-33-39(28-29-52(45)58)57-49-25-13-9-21-42(49)43-22-10-14-26-50(43)57/h2-34H. The summed E-state index contributed by atoms with van der Waals surface area (Å²) in [6.45, 7) is 8.08. The van der Waals surface area contributed by atoms with Crippen LogP contribution in [0.25, 0.3) is 105 Å². The lowest BCUT2D eigenvalue weighted by Crippen LogP contribution is -1.99. The molecule has 11 aromatic rings. The zero-order valence-electron chi connectivity index (χ0n) is 31.3. The summed E-state index contributed by atoms with van der Waals surface area (Å²) in [6, 6.07) is 69.6. The van der Waals surface area contributed by atoms with Crippen LogP contribution in [-0.4, -0.2) is 19.1 Å². The fraction of sp³-hybridized carbons (Fsp3) is 0. The molecular weight excluding hydrogens is 707 g/mol. The first-order chi connectivity index (χ1) is 28.7. The van der Waals surface area contributed by atoms with Gasteiger partial charge in [-0.1, -0.05) is 140 Å². The smallest absolute Gasteiger partial charge is 0.194 e. The van der Waals surface area contributed by atoms with Crippen molar-refractivity contribution in [1.82, 2.24) is 19.1 Å². The molecule has 3 heterocycles. The van der Waals surface area contributed by atoms with Gasteiger partial charge in [-0.25, -0.2) is 14.8 Å². The van der Waals surface area contributed by atoms with Crippen molar-refractivity contribution >= 4 is 49.3 Å². The van der Waals surface area contributed by atoms with Crippen molar-refractivity contribution in [2.45, 2.75) is 0 Å². The van der Waals surface area contributed by atoms with Crippen molar-refractivity contribution < 1.29 is 0 Å². The number of benzene rings is 8. The van der Waals surface area contributed by atoms with E-state index in [1.807, 2.05) is 72.8 Å². The van der Waals surface area contributed by atoms with Crippen molar-refractivity contribution in [3.8, 4) is 56.4 Å². The Kier molecular flexibility index (Phi) is 7.80. The summed E-state index contributed by atoms with van der Waals surface area (Å²) in [6.07, 6.45) is 0. The summed E-state index contributed by atoms with van der Waals surface area (Å²) in [5, 5.41) is 4.79. The lowest BCUT2D eigenvalue weighted by molar-refractivity contribution is 1.16. The highest BCUT2D eigenvalue weighted by Gasteiger charge is 2.19. The molecule has 0 radical (unpaired) electrons. The predicted octanol–water partition coefficient (Wildman–Crippen LogP) is 13.9. The molecule has 3 aromatic heterocycles. The van der Waals surface area contributed by atoms with Crippen molar-refractivity contribution in [2.75, 3.05) is 0 Å².